The molecule has 278 valence electrons. The first-order valence-corrected chi connectivity index (χ1v) is 18.1. The summed E-state index contributed by atoms with van der Waals surface area (Å²) in [5.41, 5.74) is -0.00127. The van der Waals surface area contributed by atoms with Crippen LogP contribution in [-0.2, 0) is 54.2 Å². The van der Waals surface area contributed by atoms with E-state index in [1.807, 2.05) is 24.3 Å². The number of carbonyl (C=O) groups is 4. The standard InChI is InChI=1S/C37H49N3O11/c1-36(2,3)50-29(43)13-11-24(19-41)39-28(42)14-15-38-35(45)37-17-27-30-31(47-20-46-30)33(37)51-40(32(37)34(44)49-27)18-23-8-5-21(6-9-23)4-7-22-10-12-25-26(16-22)48-25/h4-9,22,24-27,30-33,41H,10-20H2,1-3H3,(H,38,45)(H,39,42). The summed E-state index contributed by atoms with van der Waals surface area (Å²) in [7, 11) is 0. The highest BCUT2D eigenvalue weighted by Gasteiger charge is 2.74. The molecule has 0 radical (unpaired) electrons. The third-order valence-corrected chi connectivity index (χ3v) is 10.8. The number of hydroxylamine groups is 2. The van der Waals surface area contributed by atoms with E-state index in [0.717, 1.165) is 30.4 Å². The third kappa shape index (κ3) is 7.72. The van der Waals surface area contributed by atoms with E-state index in [1.54, 1.807) is 20.8 Å². The number of epoxide rings is 1. The first-order chi connectivity index (χ1) is 24.4. The molecule has 3 N–H and O–H groups in total. The molecule has 6 aliphatic rings. The maximum Gasteiger partial charge on any atom is 0.327 e. The van der Waals surface area contributed by atoms with Crippen molar-refractivity contribution in [1.29, 1.82) is 0 Å². The van der Waals surface area contributed by atoms with Gasteiger partial charge in [0.15, 0.2) is 6.04 Å². The van der Waals surface area contributed by atoms with Gasteiger partial charge in [0.1, 0.15) is 42.2 Å². The molecule has 10 unspecified atom stereocenters. The highest BCUT2D eigenvalue weighted by molar-refractivity contribution is 5.94. The van der Waals surface area contributed by atoms with Crippen molar-refractivity contribution < 1.29 is 52.8 Å². The Kier molecular flexibility index (Phi) is 10.3. The van der Waals surface area contributed by atoms with Crippen LogP contribution in [0.25, 0.3) is 6.08 Å². The second-order valence-electron chi connectivity index (χ2n) is 15.6. The lowest BCUT2D eigenvalue weighted by Gasteiger charge is -2.48. The minimum Gasteiger partial charge on any atom is -0.460 e. The van der Waals surface area contributed by atoms with Crippen LogP contribution >= 0.6 is 0 Å². The summed E-state index contributed by atoms with van der Waals surface area (Å²) in [5, 5.41) is 16.9. The Bertz CT molecular complexity index is 1510. The lowest BCUT2D eigenvalue weighted by Crippen LogP contribution is -2.69. The van der Waals surface area contributed by atoms with E-state index >= 15 is 0 Å². The van der Waals surface area contributed by atoms with Crippen LogP contribution in [0.1, 0.15) is 76.8 Å². The van der Waals surface area contributed by atoms with Crippen LogP contribution in [-0.4, -0.2) is 108 Å². The van der Waals surface area contributed by atoms with Gasteiger partial charge in [0.25, 0.3) is 0 Å². The van der Waals surface area contributed by atoms with Gasteiger partial charge in [-0.15, -0.1) is 0 Å². The number of allylic oxidation sites excluding steroid dienone is 1. The van der Waals surface area contributed by atoms with Crippen LogP contribution < -0.4 is 10.6 Å². The quantitative estimate of drug-likeness (QED) is 0.201. The predicted octanol–water partition coefficient (Wildman–Crippen LogP) is 1.91. The first kappa shape index (κ1) is 36.0. The monoisotopic (exact) mass is 711 g/mol. The number of ether oxygens (including phenoxy) is 5. The summed E-state index contributed by atoms with van der Waals surface area (Å²) in [5.74, 6) is -1.31. The molecule has 10 atom stereocenters. The van der Waals surface area contributed by atoms with Gasteiger partial charge in [-0.05, 0) is 63.5 Å². The Labute approximate surface area is 297 Å². The summed E-state index contributed by atoms with van der Waals surface area (Å²) in [6, 6.07) is 6.34. The summed E-state index contributed by atoms with van der Waals surface area (Å²) in [6.07, 6.45) is 6.30. The van der Waals surface area contributed by atoms with Crippen LogP contribution in [0.15, 0.2) is 30.3 Å². The molecule has 51 heavy (non-hydrogen) atoms. The molecular formula is C37H49N3O11. The Morgan fingerprint density at radius 3 is 2.61 bits per heavy atom. The summed E-state index contributed by atoms with van der Waals surface area (Å²) in [6.45, 7) is 5.15. The molecule has 2 aliphatic carbocycles. The van der Waals surface area contributed by atoms with Gasteiger partial charge in [-0.25, -0.2) is 0 Å². The number of nitrogens with zero attached hydrogens (tertiary/aromatic N) is 1. The van der Waals surface area contributed by atoms with Crippen molar-refractivity contribution in [3.05, 3.63) is 41.5 Å². The number of nitrogens with one attached hydrogen (secondary N) is 2. The second-order valence-corrected chi connectivity index (χ2v) is 15.6. The van der Waals surface area contributed by atoms with E-state index in [2.05, 4.69) is 22.8 Å². The summed E-state index contributed by atoms with van der Waals surface area (Å²) < 4.78 is 28.5. The summed E-state index contributed by atoms with van der Waals surface area (Å²) >= 11 is 0. The molecule has 2 bridgehead atoms. The van der Waals surface area contributed by atoms with Gasteiger partial charge in [0.05, 0.1) is 31.4 Å². The highest BCUT2D eigenvalue weighted by atomic mass is 16.8. The van der Waals surface area contributed by atoms with Gasteiger partial charge >= 0.3 is 11.9 Å². The number of carbonyl (C=O) groups excluding carboxylic acids is 4. The van der Waals surface area contributed by atoms with Gasteiger partial charge in [-0.3, -0.25) is 24.0 Å². The van der Waals surface area contributed by atoms with E-state index in [-0.39, 0.29) is 52.2 Å². The zero-order valence-corrected chi connectivity index (χ0v) is 29.4. The molecule has 4 aliphatic heterocycles. The Morgan fingerprint density at radius 2 is 1.86 bits per heavy atom. The molecule has 1 aromatic rings. The smallest absolute Gasteiger partial charge is 0.327 e. The average molecular weight is 712 g/mol. The zero-order valence-electron chi connectivity index (χ0n) is 29.4. The average Bonchev–Trinajstić information content (AvgIpc) is 3.52. The molecule has 1 aromatic carbocycles. The van der Waals surface area contributed by atoms with Crippen LogP contribution in [0.2, 0.25) is 0 Å². The fourth-order valence-electron chi connectivity index (χ4n) is 8.25. The van der Waals surface area contributed by atoms with E-state index in [9.17, 15) is 24.3 Å². The number of hydrogen-bond donors (Lipinski definition) is 3. The second kappa shape index (κ2) is 14.6. The Balaban J connectivity index is 0.982. The summed E-state index contributed by atoms with van der Waals surface area (Å²) in [4.78, 5) is 59.1. The minimum atomic E-state index is -1.33. The number of fused-ring (bicyclic) bond motifs is 5. The Morgan fingerprint density at radius 1 is 1.08 bits per heavy atom. The van der Waals surface area contributed by atoms with Crippen molar-refractivity contribution in [2.75, 3.05) is 19.9 Å². The van der Waals surface area contributed by atoms with Crippen molar-refractivity contribution >= 4 is 29.8 Å². The van der Waals surface area contributed by atoms with Crippen LogP contribution in [0.3, 0.4) is 0 Å². The number of esters is 2. The molecule has 0 aromatic heterocycles. The van der Waals surface area contributed by atoms with E-state index in [0.29, 0.717) is 18.1 Å². The fraction of sp³-hybridized carbons (Fsp3) is 0.676. The van der Waals surface area contributed by atoms with Crippen molar-refractivity contribution in [2.24, 2.45) is 11.3 Å². The van der Waals surface area contributed by atoms with Crippen LogP contribution in [0.5, 0.6) is 0 Å². The molecule has 2 saturated carbocycles. The SMILES string of the molecule is CC(C)(C)OC(=O)CCC(CO)NC(=O)CCNC(=O)C12CC3OC(=O)C1N(Cc1ccc(C=CC4CCC5OC5C4)cc1)OC2C1OCOC31. The molecule has 14 nitrogen and oxygen atoms in total. The van der Waals surface area contributed by atoms with Crippen molar-refractivity contribution in [3.63, 3.8) is 0 Å². The maximum atomic E-state index is 14.2. The maximum absolute atomic E-state index is 14.2. The largest absolute Gasteiger partial charge is 0.460 e. The Hall–Kier alpha value is -3.40. The predicted molar refractivity (Wildman–Crippen MR) is 179 cm³/mol. The number of benzene rings is 1. The lowest BCUT2D eigenvalue weighted by molar-refractivity contribution is -0.201. The van der Waals surface area contributed by atoms with Crippen molar-refractivity contribution in [2.45, 2.75) is 127 Å². The van der Waals surface area contributed by atoms with Gasteiger partial charge in [-0.1, -0.05) is 36.4 Å². The molecule has 4 heterocycles. The molecular weight excluding hydrogens is 662 g/mol. The fourth-order valence-corrected chi connectivity index (χ4v) is 8.25. The molecule has 6 fully saturated rings. The van der Waals surface area contributed by atoms with E-state index < -0.39 is 71.3 Å². The number of rotatable bonds is 13. The van der Waals surface area contributed by atoms with E-state index in [1.165, 1.54) is 5.06 Å². The van der Waals surface area contributed by atoms with Crippen molar-refractivity contribution in [3.8, 4) is 0 Å². The van der Waals surface area contributed by atoms with Gasteiger partial charge < -0.3 is 39.4 Å². The molecule has 0 spiro atoms. The minimum absolute atomic E-state index is 0.00414. The zero-order chi connectivity index (χ0) is 35.9. The normalized spacial score (nSPS) is 34.3. The molecule has 14 heteroatoms. The number of amides is 2. The molecule has 7 rings (SSSR count). The van der Waals surface area contributed by atoms with Crippen LogP contribution in [0, 0.1) is 11.3 Å². The van der Waals surface area contributed by atoms with Gasteiger partial charge in [-0.2, -0.15) is 5.06 Å². The van der Waals surface area contributed by atoms with Crippen LogP contribution in [0.4, 0.5) is 0 Å². The third-order valence-electron chi connectivity index (χ3n) is 10.8. The first-order valence-electron chi connectivity index (χ1n) is 18.1. The molecule has 4 saturated heterocycles. The number of aliphatic hydroxyl groups excluding tert-OH is 1. The van der Waals surface area contributed by atoms with Gasteiger partial charge in [0.2, 0.25) is 11.8 Å². The molecule has 2 amide bonds. The number of hydrogen-bond acceptors (Lipinski definition) is 12. The van der Waals surface area contributed by atoms with Crippen molar-refractivity contribution in [1.82, 2.24) is 15.7 Å². The lowest BCUT2D eigenvalue weighted by atomic mass is 9.62. The topological polar surface area (TPSA) is 174 Å². The number of aliphatic hydroxyl groups is 1. The highest BCUT2D eigenvalue weighted by Crippen LogP contribution is 2.55. The van der Waals surface area contributed by atoms with Gasteiger partial charge in [0, 0.05) is 25.8 Å². The van der Waals surface area contributed by atoms with E-state index in [4.69, 9.17) is 28.5 Å².